The minimum Gasteiger partial charge on any atom is -0.482 e. The molecule has 1 saturated heterocycles. The average molecular weight is 352 g/mol. The van der Waals surface area contributed by atoms with Gasteiger partial charge < -0.3 is 9.64 Å². The SMILES string of the molecule is CN(C(=O)COc1cc(Cl)ccc1Cl)[C@@H]1CCS(=O)(=O)C1. The van der Waals surface area contributed by atoms with Crippen LogP contribution in [0, 0.1) is 0 Å². The third-order valence-electron chi connectivity index (χ3n) is 3.39. The number of nitrogens with zero attached hydrogens (tertiary/aromatic N) is 1. The molecule has 116 valence electrons. The number of hydrogen-bond acceptors (Lipinski definition) is 4. The Labute approximate surface area is 133 Å². The Morgan fingerprint density at radius 3 is 2.76 bits per heavy atom. The van der Waals surface area contributed by atoms with Crippen molar-refractivity contribution in [1.82, 2.24) is 4.90 Å². The average Bonchev–Trinajstić information content (AvgIpc) is 2.79. The van der Waals surface area contributed by atoms with Crippen LogP contribution in [0.15, 0.2) is 18.2 Å². The molecule has 1 aliphatic heterocycles. The van der Waals surface area contributed by atoms with Gasteiger partial charge in [-0.2, -0.15) is 0 Å². The summed E-state index contributed by atoms with van der Waals surface area (Å²) < 4.78 is 28.2. The van der Waals surface area contributed by atoms with Crippen molar-refractivity contribution in [2.45, 2.75) is 12.5 Å². The molecule has 1 heterocycles. The lowest BCUT2D eigenvalue weighted by atomic mass is 10.2. The van der Waals surface area contributed by atoms with Gasteiger partial charge >= 0.3 is 0 Å². The molecule has 8 heteroatoms. The van der Waals surface area contributed by atoms with Gasteiger partial charge in [-0.1, -0.05) is 23.2 Å². The molecule has 1 amide bonds. The van der Waals surface area contributed by atoms with Gasteiger partial charge in [0.05, 0.1) is 16.5 Å². The number of ether oxygens (including phenoxy) is 1. The Balaban J connectivity index is 1.94. The number of amides is 1. The summed E-state index contributed by atoms with van der Waals surface area (Å²) >= 11 is 11.8. The minimum atomic E-state index is -3.03. The summed E-state index contributed by atoms with van der Waals surface area (Å²) in [6.45, 7) is -0.215. The van der Waals surface area contributed by atoms with Crippen molar-refractivity contribution >= 4 is 38.9 Å². The van der Waals surface area contributed by atoms with E-state index in [4.69, 9.17) is 27.9 Å². The maximum atomic E-state index is 12.0. The van der Waals surface area contributed by atoms with Gasteiger partial charge in [-0.25, -0.2) is 8.42 Å². The molecule has 0 saturated carbocycles. The van der Waals surface area contributed by atoms with Crippen molar-refractivity contribution in [3.63, 3.8) is 0 Å². The van der Waals surface area contributed by atoms with E-state index in [0.29, 0.717) is 22.2 Å². The number of hydrogen-bond donors (Lipinski definition) is 0. The highest BCUT2D eigenvalue weighted by molar-refractivity contribution is 7.91. The fourth-order valence-corrected chi connectivity index (χ4v) is 4.22. The molecule has 21 heavy (non-hydrogen) atoms. The van der Waals surface area contributed by atoms with Gasteiger partial charge in [0.15, 0.2) is 16.4 Å². The summed E-state index contributed by atoms with van der Waals surface area (Å²) in [4.78, 5) is 13.5. The largest absolute Gasteiger partial charge is 0.482 e. The van der Waals surface area contributed by atoms with E-state index in [9.17, 15) is 13.2 Å². The summed E-state index contributed by atoms with van der Waals surface area (Å²) in [6, 6.07) is 4.43. The van der Waals surface area contributed by atoms with Gasteiger partial charge in [0.25, 0.3) is 5.91 Å². The van der Waals surface area contributed by atoms with Crippen molar-refractivity contribution in [2.24, 2.45) is 0 Å². The zero-order valence-electron chi connectivity index (χ0n) is 11.4. The second-order valence-corrected chi connectivity index (χ2v) is 8.00. The molecule has 0 N–H and O–H groups in total. The number of likely N-dealkylation sites (N-methyl/N-ethyl adjacent to an activating group) is 1. The van der Waals surface area contributed by atoms with Crippen molar-refractivity contribution in [1.29, 1.82) is 0 Å². The van der Waals surface area contributed by atoms with Crippen LogP contribution in [0.1, 0.15) is 6.42 Å². The first-order chi connectivity index (χ1) is 9.78. The zero-order valence-corrected chi connectivity index (χ0v) is 13.7. The van der Waals surface area contributed by atoms with E-state index in [1.807, 2.05) is 0 Å². The molecule has 5 nitrogen and oxygen atoms in total. The Morgan fingerprint density at radius 2 is 2.14 bits per heavy atom. The molecule has 1 atom stereocenters. The lowest BCUT2D eigenvalue weighted by molar-refractivity contribution is -0.133. The molecule has 0 aromatic heterocycles. The Bertz CT molecular complexity index is 648. The van der Waals surface area contributed by atoms with Crippen molar-refractivity contribution in [2.75, 3.05) is 25.2 Å². The monoisotopic (exact) mass is 351 g/mol. The van der Waals surface area contributed by atoms with Crippen LogP contribution >= 0.6 is 23.2 Å². The second-order valence-electron chi connectivity index (χ2n) is 4.92. The van der Waals surface area contributed by atoms with Crippen LogP contribution in [0.4, 0.5) is 0 Å². The van der Waals surface area contributed by atoms with E-state index < -0.39 is 9.84 Å². The molecule has 0 radical (unpaired) electrons. The number of rotatable bonds is 4. The van der Waals surface area contributed by atoms with Gasteiger partial charge in [0, 0.05) is 24.2 Å². The quantitative estimate of drug-likeness (QED) is 0.832. The van der Waals surface area contributed by atoms with E-state index >= 15 is 0 Å². The standard InChI is InChI=1S/C13H15Cl2NO4S/c1-16(10-4-5-21(18,19)8-10)13(17)7-20-12-6-9(14)2-3-11(12)15/h2-3,6,10H,4-5,7-8H2,1H3/t10-/m1/s1. The molecule has 1 aromatic carbocycles. The Hall–Kier alpha value is -0.980. The van der Waals surface area contributed by atoms with Crippen LogP contribution in [0.5, 0.6) is 5.75 Å². The smallest absolute Gasteiger partial charge is 0.260 e. The molecule has 0 aliphatic carbocycles. The van der Waals surface area contributed by atoms with Crippen LogP contribution in [0.25, 0.3) is 0 Å². The Morgan fingerprint density at radius 1 is 1.43 bits per heavy atom. The van der Waals surface area contributed by atoms with Gasteiger partial charge in [0.2, 0.25) is 0 Å². The number of sulfone groups is 1. The molecule has 1 fully saturated rings. The van der Waals surface area contributed by atoms with Gasteiger partial charge in [-0.05, 0) is 18.6 Å². The summed E-state index contributed by atoms with van der Waals surface area (Å²) in [5, 5.41) is 0.815. The van der Waals surface area contributed by atoms with Crippen molar-refractivity contribution < 1.29 is 17.9 Å². The molecule has 1 aliphatic rings. The van der Waals surface area contributed by atoms with E-state index in [0.717, 1.165) is 0 Å². The molecule has 1 aromatic rings. The highest BCUT2D eigenvalue weighted by atomic mass is 35.5. The predicted octanol–water partition coefficient (Wildman–Crippen LogP) is 2.02. The van der Waals surface area contributed by atoms with E-state index in [2.05, 4.69) is 0 Å². The zero-order chi connectivity index (χ0) is 15.6. The highest BCUT2D eigenvalue weighted by Crippen LogP contribution is 2.27. The number of carbonyl (C=O) groups is 1. The number of benzene rings is 1. The summed E-state index contributed by atoms with van der Waals surface area (Å²) in [6.07, 6.45) is 0.461. The lowest BCUT2D eigenvalue weighted by Gasteiger charge is -2.23. The second kappa shape index (κ2) is 6.42. The molecule has 0 unspecified atom stereocenters. The molecule has 0 bridgehead atoms. The van der Waals surface area contributed by atoms with Crippen LogP contribution < -0.4 is 4.74 Å². The van der Waals surface area contributed by atoms with Gasteiger partial charge in [0.1, 0.15) is 5.75 Å². The molecular weight excluding hydrogens is 337 g/mol. The number of carbonyl (C=O) groups excluding carboxylic acids is 1. The fourth-order valence-electron chi connectivity index (χ4n) is 2.11. The highest BCUT2D eigenvalue weighted by Gasteiger charge is 2.32. The first-order valence-corrected chi connectivity index (χ1v) is 8.90. The van der Waals surface area contributed by atoms with Crippen LogP contribution in [0.3, 0.4) is 0 Å². The molecule has 2 rings (SSSR count). The van der Waals surface area contributed by atoms with Gasteiger partial charge in [-0.15, -0.1) is 0 Å². The van der Waals surface area contributed by atoms with Gasteiger partial charge in [-0.3, -0.25) is 4.79 Å². The molecular formula is C13H15Cl2NO4S. The minimum absolute atomic E-state index is 0.00710. The topological polar surface area (TPSA) is 63.7 Å². The summed E-state index contributed by atoms with van der Waals surface area (Å²) in [5.74, 6) is 0.154. The van der Waals surface area contributed by atoms with E-state index in [1.54, 1.807) is 19.2 Å². The van der Waals surface area contributed by atoms with Crippen molar-refractivity contribution in [3.8, 4) is 5.75 Å². The van der Waals surface area contributed by atoms with E-state index in [-0.39, 0.29) is 30.1 Å². The van der Waals surface area contributed by atoms with Crippen molar-refractivity contribution in [3.05, 3.63) is 28.2 Å². The summed E-state index contributed by atoms with van der Waals surface area (Å²) in [7, 11) is -1.45. The summed E-state index contributed by atoms with van der Waals surface area (Å²) in [5.41, 5.74) is 0. The third kappa shape index (κ3) is 4.25. The van der Waals surface area contributed by atoms with Crippen LogP contribution in [-0.2, 0) is 14.6 Å². The Kier molecular flexibility index (Phi) is 5.01. The fraction of sp³-hybridized carbons (Fsp3) is 0.462. The first-order valence-electron chi connectivity index (χ1n) is 6.32. The predicted molar refractivity (Wildman–Crippen MR) is 81.8 cm³/mol. The normalized spacial score (nSPS) is 20.2. The van der Waals surface area contributed by atoms with E-state index in [1.165, 1.54) is 11.0 Å². The lowest BCUT2D eigenvalue weighted by Crippen LogP contribution is -2.40. The third-order valence-corrected chi connectivity index (χ3v) is 5.69. The molecule has 0 spiro atoms. The first kappa shape index (κ1) is 16.4. The maximum Gasteiger partial charge on any atom is 0.260 e. The van der Waals surface area contributed by atoms with Crippen LogP contribution in [-0.4, -0.2) is 50.4 Å². The number of halogens is 2. The maximum absolute atomic E-state index is 12.0. The van der Waals surface area contributed by atoms with Crippen LogP contribution in [0.2, 0.25) is 10.0 Å².